The fourth-order valence-corrected chi connectivity index (χ4v) is 0.664. The molecule has 2 atom stereocenters. The van der Waals surface area contributed by atoms with E-state index in [-0.39, 0.29) is 0 Å². The first-order chi connectivity index (χ1) is 6.33. The van der Waals surface area contributed by atoms with E-state index in [1.54, 1.807) is 0 Å². The molecule has 0 radical (unpaired) electrons. The first-order valence-electron chi connectivity index (χ1n) is 2.87. The van der Waals surface area contributed by atoms with Gasteiger partial charge in [-0.2, -0.15) is 4.39 Å². The average molecular weight is 285 g/mol. The third kappa shape index (κ3) is 6.98. The number of rotatable bonds is 3. The Morgan fingerprint density at radius 2 is 1.27 bits per heavy atom. The van der Waals surface area contributed by atoms with Crippen molar-refractivity contribution in [3.8, 4) is 0 Å². The molecule has 0 aromatic heterocycles. The monoisotopic (exact) mass is 284 g/mol. The maximum atomic E-state index is 12.6. The highest BCUT2D eigenvalue weighted by Crippen LogP contribution is 2.37. The predicted octanol–water partition coefficient (Wildman–Crippen LogP) is 3.49. The average Bonchev–Trinajstić information content (AvgIpc) is 1.75. The van der Waals surface area contributed by atoms with E-state index in [4.69, 9.17) is 0 Å². The van der Waals surface area contributed by atoms with Crippen LogP contribution in [0.3, 0.4) is 0 Å². The van der Waals surface area contributed by atoms with Crippen molar-refractivity contribution in [1.82, 2.24) is 0 Å². The van der Waals surface area contributed by atoms with Gasteiger partial charge < -0.3 is 0 Å². The molecular weight excluding hydrogens is 284 g/mol. The highest BCUT2D eigenvalue weighted by Gasteiger charge is 2.52. The van der Waals surface area contributed by atoms with E-state index in [9.17, 15) is 30.7 Å². The van der Waals surface area contributed by atoms with Crippen molar-refractivity contribution in [2.45, 2.75) is 23.6 Å². The summed E-state index contributed by atoms with van der Waals surface area (Å²) in [5, 5.41) is -4.38. The molecule has 0 aromatic carbocycles. The topological polar surface area (TPSA) is 18.5 Å². The molecule has 0 spiro atoms. The zero-order valence-corrected chi connectivity index (χ0v) is 7.81. The lowest BCUT2D eigenvalue weighted by Crippen LogP contribution is -2.40. The second-order valence-electron chi connectivity index (χ2n) is 1.99. The van der Waals surface area contributed by atoms with Crippen LogP contribution in [0.4, 0.5) is 30.7 Å². The molecule has 2 nitrogen and oxygen atoms in total. The summed E-state index contributed by atoms with van der Waals surface area (Å²) < 4.78 is 86.1. The van der Waals surface area contributed by atoms with Gasteiger partial charge in [0.05, 0.1) is 0 Å². The third-order valence-corrected chi connectivity index (χ3v) is 1.51. The Morgan fingerprint density at radius 3 is 1.53 bits per heavy atom. The zero-order valence-electron chi connectivity index (χ0n) is 6.30. The van der Waals surface area contributed by atoms with Crippen LogP contribution in [-0.4, -0.2) is 23.6 Å². The summed E-state index contributed by atoms with van der Waals surface area (Å²) in [6.07, 6.45) is -11.0. The number of halogens is 9. The van der Waals surface area contributed by atoms with Crippen molar-refractivity contribution in [2.24, 2.45) is 0 Å². The quantitative estimate of drug-likeness (QED) is 0.583. The van der Waals surface area contributed by atoms with Gasteiger partial charge in [-0.25, -0.2) is 4.74 Å². The van der Waals surface area contributed by atoms with Crippen LogP contribution in [0.5, 0.6) is 0 Å². The van der Waals surface area contributed by atoms with Gasteiger partial charge in [-0.05, 0) is 11.6 Å². The maximum Gasteiger partial charge on any atom is 0.526 e. The van der Waals surface area contributed by atoms with E-state index in [2.05, 4.69) is 32.7 Å². The molecular formula is C4HCl2F7O2. The Bertz CT molecular complexity index is 212. The molecule has 0 aromatic rings. The molecule has 0 N–H and O–H groups in total. The molecule has 0 heterocycles. The lowest BCUT2D eigenvalue weighted by atomic mass is 10.7. The van der Waals surface area contributed by atoms with Crippen LogP contribution < -0.4 is 0 Å². The fourth-order valence-electron chi connectivity index (χ4n) is 0.387. The van der Waals surface area contributed by atoms with Gasteiger partial charge in [0.25, 0.3) is 0 Å². The van der Waals surface area contributed by atoms with Crippen molar-refractivity contribution in [3.05, 3.63) is 0 Å². The Hall–Kier alpha value is 0.01000. The molecule has 0 amide bonds. The van der Waals surface area contributed by atoms with Crippen LogP contribution >= 0.6 is 23.2 Å². The van der Waals surface area contributed by atoms with Crippen LogP contribution in [-0.2, 0) is 9.47 Å². The fraction of sp³-hybridized carbons (Fsp3) is 1.00. The summed E-state index contributed by atoms with van der Waals surface area (Å²) in [5.74, 6) is 0. The summed E-state index contributed by atoms with van der Waals surface area (Å²) in [4.78, 5) is 0. The SMILES string of the molecule is FC(F)(F)OC(Cl)C(F)(Cl)OC(F)(F)F. The van der Waals surface area contributed by atoms with E-state index in [1.165, 1.54) is 0 Å². The van der Waals surface area contributed by atoms with Crippen molar-refractivity contribution in [3.63, 3.8) is 0 Å². The second-order valence-corrected chi connectivity index (χ2v) is 2.90. The molecule has 0 bridgehead atoms. The van der Waals surface area contributed by atoms with Crippen molar-refractivity contribution < 1.29 is 40.2 Å². The summed E-state index contributed by atoms with van der Waals surface area (Å²) in [6, 6.07) is 0. The molecule has 0 aliphatic carbocycles. The number of ether oxygens (including phenoxy) is 2. The molecule has 0 aliphatic heterocycles. The van der Waals surface area contributed by atoms with E-state index < -0.39 is 23.6 Å². The molecule has 2 unspecified atom stereocenters. The summed E-state index contributed by atoms with van der Waals surface area (Å²) in [5.41, 5.74) is -3.21. The Labute approximate surface area is 87.8 Å². The van der Waals surface area contributed by atoms with Gasteiger partial charge in [0.15, 0.2) is 0 Å². The predicted molar refractivity (Wildman–Crippen MR) is 33.6 cm³/mol. The minimum absolute atomic E-state index is 2.47. The lowest BCUT2D eigenvalue weighted by Gasteiger charge is -2.24. The molecule has 0 rings (SSSR count). The Balaban J connectivity index is 4.46. The second kappa shape index (κ2) is 4.48. The molecule has 0 aliphatic rings. The van der Waals surface area contributed by atoms with Gasteiger partial charge >= 0.3 is 18.0 Å². The van der Waals surface area contributed by atoms with Gasteiger partial charge in [-0.3, -0.25) is 4.74 Å². The van der Waals surface area contributed by atoms with E-state index in [0.29, 0.717) is 0 Å². The van der Waals surface area contributed by atoms with Crippen molar-refractivity contribution in [2.75, 3.05) is 0 Å². The molecule has 0 fully saturated rings. The van der Waals surface area contributed by atoms with Crippen molar-refractivity contribution in [1.29, 1.82) is 0 Å². The maximum absolute atomic E-state index is 12.6. The largest absolute Gasteiger partial charge is 0.526 e. The highest BCUT2D eigenvalue weighted by atomic mass is 35.5. The van der Waals surface area contributed by atoms with E-state index in [0.717, 1.165) is 0 Å². The third-order valence-electron chi connectivity index (χ3n) is 0.753. The van der Waals surface area contributed by atoms with Crippen LogP contribution in [0, 0.1) is 0 Å². The smallest absolute Gasteiger partial charge is 0.265 e. The van der Waals surface area contributed by atoms with E-state index in [1.807, 2.05) is 0 Å². The van der Waals surface area contributed by atoms with Gasteiger partial charge in [-0.15, -0.1) is 26.3 Å². The summed E-state index contributed by atoms with van der Waals surface area (Å²) in [6.45, 7) is 0. The normalized spacial score (nSPS) is 19.8. The minimum atomic E-state index is -5.60. The Kier molecular flexibility index (Phi) is 4.48. The first kappa shape index (κ1) is 15.0. The van der Waals surface area contributed by atoms with Gasteiger partial charge in [0.1, 0.15) is 0 Å². The summed E-state index contributed by atoms with van der Waals surface area (Å²) >= 11 is 8.80. The van der Waals surface area contributed by atoms with Gasteiger partial charge in [0, 0.05) is 0 Å². The van der Waals surface area contributed by atoms with Crippen LogP contribution in [0.25, 0.3) is 0 Å². The Morgan fingerprint density at radius 1 is 0.867 bits per heavy atom. The van der Waals surface area contributed by atoms with Crippen molar-refractivity contribution >= 4 is 23.2 Å². The van der Waals surface area contributed by atoms with Gasteiger partial charge in [-0.1, -0.05) is 11.6 Å². The molecule has 0 saturated heterocycles. The van der Waals surface area contributed by atoms with Crippen LogP contribution in [0.2, 0.25) is 0 Å². The highest BCUT2D eigenvalue weighted by molar-refractivity contribution is 6.30. The molecule has 15 heavy (non-hydrogen) atoms. The molecule has 0 saturated carbocycles. The minimum Gasteiger partial charge on any atom is -0.265 e. The zero-order chi connectivity index (χ0) is 12.5. The summed E-state index contributed by atoms with van der Waals surface area (Å²) in [7, 11) is 0. The van der Waals surface area contributed by atoms with Crippen LogP contribution in [0.15, 0.2) is 0 Å². The number of hydrogen-bond donors (Lipinski definition) is 0. The molecule has 11 heteroatoms. The number of hydrogen-bond acceptors (Lipinski definition) is 2. The number of alkyl halides is 9. The first-order valence-corrected chi connectivity index (χ1v) is 3.68. The van der Waals surface area contributed by atoms with Gasteiger partial charge in [0.2, 0.25) is 5.56 Å². The van der Waals surface area contributed by atoms with E-state index >= 15 is 0 Å². The lowest BCUT2D eigenvalue weighted by molar-refractivity contribution is -0.405. The standard InChI is InChI=1S/C4HCl2F7O2/c5-1(14-3(8,9)10)2(6,7)15-4(11,12)13/h1H. The molecule has 92 valence electrons. The van der Waals surface area contributed by atoms with Crippen LogP contribution in [0.1, 0.15) is 0 Å².